The molecule has 0 bridgehead atoms. The standard InChI is InChI=1S/C26H28N/c1-18-13-14-19-9-6-7-11-22(19)25(18)24-16-15-21-20(17-26(2,3)4)10-8-12-23(21)27(24)5/h6-16H,17H2,1-5H3/q+1. The molecule has 136 valence electrons. The molecule has 1 nitrogen and oxygen atoms in total. The molecule has 0 atom stereocenters. The third-order valence-electron chi connectivity index (χ3n) is 5.42. The van der Waals surface area contributed by atoms with E-state index >= 15 is 0 Å². The van der Waals surface area contributed by atoms with Crippen molar-refractivity contribution in [1.82, 2.24) is 0 Å². The van der Waals surface area contributed by atoms with Crippen LogP contribution in [-0.4, -0.2) is 0 Å². The van der Waals surface area contributed by atoms with Gasteiger partial charge in [-0.3, -0.25) is 0 Å². The zero-order chi connectivity index (χ0) is 19.2. The Morgan fingerprint density at radius 3 is 2.33 bits per heavy atom. The van der Waals surface area contributed by atoms with Gasteiger partial charge in [0.15, 0.2) is 0 Å². The Morgan fingerprint density at radius 1 is 0.778 bits per heavy atom. The average Bonchev–Trinajstić information content (AvgIpc) is 2.62. The zero-order valence-corrected chi connectivity index (χ0v) is 17.0. The predicted octanol–water partition coefficient (Wildman–Crippen LogP) is 6.38. The Balaban J connectivity index is 1.98. The highest BCUT2D eigenvalue weighted by Gasteiger charge is 2.21. The van der Waals surface area contributed by atoms with Gasteiger partial charge in [-0.1, -0.05) is 69.3 Å². The first-order valence-electron chi connectivity index (χ1n) is 9.74. The number of hydrogen-bond acceptors (Lipinski definition) is 0. The van der Waals surface area contributed by atoms with Crippen LogP contribution in [0.25, 0.3) is 32.9 Å². The largest absolute Gasteiger partial charge is 0.213 e. The molecule has 0 aliphatic rings. The van der Waals surface area contributed by atoms with Gasteiger partial charge in [-0.05, 0) is 46.7 Å². The number of rotatable bonds is 2. The van der Waals surface area contributed by atoms with E-state index in [2.05, 4.69) is 106 Å². The van der Waals surface area contributed by atoms with Crippen LogP contribution in [0.1, 0.15) is 31.9 Å². The van der Waals surface area contributed by atoms with Crippen LogP contribution in [0.4, 0.5) is 0 Å². The molecule has 27 heavy (non-hydrogen) atoms. The summed E-state index contributed by atoms with van der Waals surface area (Å²) in [4.78, 5) is 0. The molecule has 4 rings (SSSR count). The Kier molecular flexibility index (Phi) is 4.26. The molecule has 1 heterocycles. The highest BCUT2D eigenvalue weighted by molar-refractivity contribution is 5.97. The van der Waals surface area contributed by atoms with Crippen LogP contribution in [-0.2, 0) is 13.5 Å². The van der Waals surface area contributed by atoms with Crippen molar-refractivity contribution in [3.8, 4) is 11.3 Å². The lowest BCUT2D eigenvalue weighted by atomic mass is 9.86. The third-order valence-corrected chi connectivity index (χ3v) is 5.42. The molecule has 4 aromatic rings. The van der Waals surface area contributed by atoms with Crippen molar-refractivity contribution in [3.63, 3.8) is 0 Å². The van der Waals surface area contributed by atoms with E-state index in [0.29, 0.717) is 0 Å². The fourth-order valence-electron chi connectivity index (χ4n) is 4.19. The molecule has 0 amide bonds. The van der Waals surface area contributed by atoms with Gasteiger partial charge in [-0.15, -0.1) is 0 Å². The van der Waals surface area contributed by atoms with Gasteiger partial charge >= 0.3 is 0 Å². The van der Waals surface area contributed by atoms with E-state index in [1.54, 1.807) is 0 Å². The van der Waals surface area contributed by atoms with Crippen molar-refractivity contribution < 1.29 is 4.57 Å². The first kappa shape index (κ1) is 17.7. The summed E-state index contributed by atoms with van der Waals surface area (Å²) in [5.41, 5.74) is 6.91. The number of benzene rings is 3. The molecule has 3 aromatic carbocycles. The Morgan fingerprint density at radius 2 is 1.56 bits per heavy atom. The number of nitrogens with zero attached hydrogens (tertiary/aromatic N) is 1. The molecule has 1 heteroatoms. The quantitative estimate of drug-likeness (QED) is 0.368. The minimum atomic E-state index is 0.276. The summed E-state index contributed by atoms with van der Waals surface area (Å²) in [6.45, 7) is 9.13. The average molecular weight is 355 g/mol. The topological polar surface area (TPSA) is 3.88 Å². The van der Waals surface area contributed by atoms with Gasteiger partial charge in [0.2, 0.25) is 11.2 Å². The van der Waals surface area contributed by atoms with Gasteiger partial charge in [-0.2, -0.15) is 4.57 Å². The first-order valence-corrected chi connectivity index (χ1v) is 9.74. The van der Waals surface area contributed by atoms with E-state index in [1.807, 2.05) is 0 Å². The van der Waals surface area contributed by atoms with E-state index in [9.17, 15) is 0 Å². The van der Waals surface area contributed by atoms with E-state index < -0.39 is 0 Å². The molecular formula is C26H28N+. The van der Waals surface area contributed by atoms with Crippen LogP contribution < -0.4 is 4.57 Å². The monoisotopic (exact) mass is 354 g/mol. The fourth-order valence-corrected chi connectivity index (χ4v) is 4.19. The Labute approximate surface area is 162 Å². The molecule has 0 fully saturated rings. The van der Waals surface area contributed by atoms with E-state index in [4.69, 9.17) is 0 Å². The number of hydrogen-bond donors (Lipinski definition) is 0. The van der Waals surface area contributed by atoms with Crippen molar-refractivity contribution in [2.75, 3.05) is 0 Å². The van der Waals surface area contributed by atoms with Crippen LogP contribution in [0.5, 0.6) is 0 Å². The van der Waals surface area contributed by atoms with Gasteiger partial charge in [-0.25, -0.2) is 0 Å². The maximum absolute atomic E-state index is 2.36. The second-order valence-electron chi connectivity index (χ2n) is 8.84. The predicted molar refractivity (Wildman–Crippen MR) is 116 cm³/mol. The van der Waals surface area contributed by atoms with Crippen LogP contribution in [0, 0.1) is 12.3 Å². The van der Waals surface area contributed by atoms with Crippen LogP contribution in [0.3, 0.4) is 0 Å². The second kappa shape index (κ2) is 6.49. The van der Waals surface area contributed by atoms with E-state index in [-0.39, 0.29) is 5.41 Å². The number of aryl methyl sites for hydroxylation is 2. The minimum Gasteiger partial charge on any atom is -0.194 e. The summed E-state index contributed by atoms with van der Waals surface area (Å²) in [6, 6.07) is 24.4. The number of fused-ring (bicyclic) bond motifs is 2. The molecule has 1 aromatic heterocycles. The normalized spacial score (nSPS) is 12.0. The van der Waals surface area contributed by atoms with Crippen molar-refractivity contribution >= 4 is 21.7 Å². The summed E-state index contributed by atoms with van der Waals surface area (Å²) in [6.07, 6.45) is 1.08. The van der Waals surface area contributed by atoms with E-state index in [1.165, 1.54) is 44.1 Å². The number of aromatic nitrogens is 1. The van der Waals surface area contributed by atoms with Gasteiger partial charge in [0, 0.05) is 17.5 Å². The van der Waals surface area contributed by atoms with Crippen molar-refractivity contribution in [2.45, 2.75) is 34.1 Å². The first-order chi connectivity index (χ1) is 12.8. The maximum Gasteiger partial charge on any atom is 0.213 e. The third kappa shape index (κ3) is 3.23. The summed E-state index contributed by atoms with van der Waals surface area (Å²) < 4.78 is 2.36. The van der Waals surface area contributed by atoms with E-state index in [0.717, 1.165) is 6.42 Å². The van der Waals surface area contributed by atoms with Gasteiger partial charge in [0.1, 0.15) is 7.05 Å². The molecule has 0 N–H and O–H groups in total. The summed E-state index contributed by atoms with van der Waals surface area (Å²) in [7, 11) is 2.19. The lowest BCUT2D eigenvalue weighted by molar-refractivity contribution is -0.633. The summed E-state index contributed by atoms with van der Waals surface area (Å²) >= 11 is 0. The van der Waals surface area contributed by atoms with Gasteiger partial charge in [0.05, 0.1) is 5.56 Å². The molecular weight excluding hydrogens is 326 g/mol. The lowest BCUT2D eigenvalue weighted by Gasteiger charge is -2.19. The lowest BCUT2D eigenvalue weighted by Crippen LogP contribution is -2.32. The summed E-state index contributed by atoms with van der Waals surface area (Å²) in [5, 5.41) is 3.97. The Bertz CT molecular complexity index is 1150. The molecule has 0 spiro atoms. The molecule has 0 saturated heterocycles. The highest BCUT2D eigenvalue weighted by atomic mass is 14.9. The minimum absolute atomic E-state index is 0.276. The van der Waals surface area contributed by atoms with Crippen molar-refractivity contribution in [3.05, 3.63) is 77.9 Å². The van der Waals surface area contributed by atoms with Crippen molar-refractivity contribution in [2.24, 2.45) is 12.5 Å². The SMILES string of the molecule is Cc1ccc2ccccc2c1-c1ccc2c(CC(C)(C)C)cccc2[n+]1C. The molecule has 0 aliphatic carbocycles. The maximum atomic E-state index is 2.36. The second-order valence-corrected chi connectivity index (χ2v) is 8.84. The van der Waals surface area contributed by atoms with Crippen LogP contribution in [0.15, 0.2) is 66.7 Å². The molecule has 0 radical (unpaired) electrons. The smallest absolute Gasteiger partial charge is 0.194 e. The summed E-state index contributed by atoms with van der Waals surface area (Å²) in [5.74, 6) is 0. The zero-order valence-electron chi connectivity index (χ0n) is 17.0. The van der Waals surface area contributed by atoms with Gasteiger partial charge in [0.25, 0.3) is 0 Å². The Hall–Kier alpha value is -2.67. The van der Waals surface area contributed by atoms with Crippen molar-refractivity contribution in [1.29, 1.82) is 0 Å². The molecule has 0 aliphatic heterocycles. The molecule has 0 unspecified atom stereocenters. The van der Waals surface area contributed by atoms with Crippen LogP contribution in [0.2, 0.25) is 0 Å². The molecule has 0 saturated carbocycles. The highest BCUT2D eigenvalue weighted by Crippen LogP contribution is 2.32. The van der Waals surface area contributed by atoms with Crippen LogP contribution >= 0.6 is 0 Å². The van der Waals surface area contributed by atoms with Gasteiger partial charge < -0.3 is 0 Å². The fraction of sp³-hybridized carbons (Fsp3) is 0.269. The number of pyridine rings is 1.